The number of ether oxygens (including phenoxy) is 1. The zero-order valence-electron chi connectivity index (χ0n) is 7.23. The summed E-state index contributed by atoms with van der Waals surface area (Å²) in [5.74, 6) is 0.773. The highest BCUT2D eigenvalue weighted by Gasteiger charge is 2.39. The van der Waals surface area contributed by atoms with E-state index >= 15 is 0 Å². The summed E-state index contributed by atoms with van der Waals surface area (Å²) in [4.78, 5) is 0. The zero-order chi connectivity index (χ0) is 7.73. The average Bonchev–Trinajstić information content (AvgIpc) is 2.34. The van der Waals surface area contributed by atoms with Crippen molar-refractivity contribution >= 4 is 0 Å². The van der Waals surface area contributed by atoms with Crippen LogP contribution in [0.5, 0.6) is 0 Å². The summed E-state index contributed by atoms with van der Waals surface area (Å²) in [5.41, 5.74) is 0.234. The first-order valence-corrected chi connectivity index (χ1v) is 4.65. The van der Waals surface area contributed by atoms with Crippen molar-refractivity contribution in [3.8, 4) is 0 Å². The minimum absolute atomic E-state index is 0.234. The summed E-state index contributed by atoms with van der Waals surface area (Å²) in [6, 6.07) is 0. The van der Waals surface area contributed by atoms with Crippen molar-refractivity contribution in [1.29, 1.82) is 0 Å². The second kappa shape index (κ2) is 2.76. The van der Waals surface area contributed by atoms with Gasteiger partial charge >= 0.3 is 0 Å². The van der Waals surface area contributed by atoms with Gasteiger partial charge in [0.2, 0.25) is 0 Å². The summed E-state index contributed by atoms with van der Waals surface area (Å²) in [6.45, 7) is 5.52. The molecular weight excluding hydrogens is 138 g/mol. The lowest BCUT2D eigenvalue weighted by atomic mass is 9.88. The molecule has 0 radical (unpaired) electrons. The monoisotopic (exact) mass is 155 g/mol. The maximum Gasteiger partial charge on any atom is 0.0810 e. The van der Waals surface area contributed by atoms with Crippen molar-refractivity contribution in [3.63, 3.8) is 0 Å². The molecule has 2 nitrogen and oxygen atoms in total. The van der Waals surface area contributed by atoms with Gasteiger partial charge < -0.3 is 10.1 Å². The van der Waals surface area contributed by atoms with Gasteiger partial charge in [0.25, 0.3) is 0 Å². The molecule has 1 spiro atoms. The Morgan fingerprint density at radius 1 is 1.55 bits per heavy atom. The second-order valence-electron chi connectivity index (χ2n) is 4.08. The van der Waals surface area contributed by atoms with Gasteiger partial charge in [-0.1, -0.05) is 6.92 Å². The first kappa shape index (κ1) is 7.56. The molecule has 2 unspecified atom stereocenters. The molecule has 2 saturated heterocycles. The maximum absolute atomic E-state index is 5.83. The van der Waals surface area contributed by atoms with Crippen LogP contribution < -0.4 is 5.32 Å². The Morgan fingerprint density at radius 3 is 3.00 bits per heavy atom. The van der Waals surface area contributed by atoms with Crippen LogP contribution in [0, 0.1) is 5.92 Å². The first-order chi connectivity index (χ1) is 5.31. The van der Waals surface area contributed by atoms with E-state index in [1.807, 2.05) is 0 Å². The molecule has 11 heavy (non-hydrogen) atoms. The average molecular weight is 155 g/mol. The van der Waals surface area contributed by atoms with Crippen molar-refractivity contribution < 1.29 is 4.74 Å². The fourth-order valence-electron chi connectivity index (χ4n) is 2.31. The molecule has 64 valence electrons. The quantitative estimate of drug-likeness (QED) is 0.567. The molecule has 2 heterocycles. The highest BCUT2D eigenvalue weighted by molar-refractivity contribution is 4.92. The fraction of sp³-hybridized carbons (Fsp3) is 1.00. The molecule has 0 aromatic carbocycles. The lowest BCUT2D eigenvalue weighted by Crippen LogP contribution is -2.45. The third kappa shape index (κ3) is 1.42. The highest BCUT2D eigenvalue weighted by Crippen LogP contribution is 2.34. The number of hydrogen-bond acceptors (Lipinski definition) is 2. The minimum Gasteiger partial charge on any atom is -0.373 e. The molecule has 2 aliphatic heterocycles. The van der Waals surface area contributed by atoms with Crippen LogP contribution in [0.15, 0.2) is 0 Å². The van der Waals surface area contributed by atoms with Gasteiger partial charge in [-0.15, -0.1) is 0 Å². The van der Waals surface area contributed by atoms with E-state index in [-0.39, 0.29) is 5.60 Å². The van der Waals surface area contributed by atoms with E-state index in [0.717, 1.165) is 19.1 Å². The minimum atomic E-state index is 0.234. The molecule has 0 amide bonds. The molecule has 0 saturated carbocycles. The Labute approximate surface area is 68.3 Å². The molecule has 0 bridgehead atoms. The molecule has 0 aromatic heterocycles. The predicted molar refractivity (Wildman–Crippen MR) is 44.6 cm³/mol. The van der Waals surface area contributed by atoms with E-state index in [4.69, 9.17) is 4.74 Å². The number of rotatable bonds is 0. The van der Waals surface area contributed by atoms with E-state index in [2.05, 4.69) is 12.2 Å². The van der Waals surface area contributed by atoms with Gasteiger partial charge in [0.15, 0.2) is 0 Å². The highest BCUT2D eigenvalue weighted by atomic mass is 16.5. The SMILES string of the molecule is CC1COC2(CCCNC2)C1. The lowest BCUT2D eigenvalue weighted by molar-refractivity contribution is -0.0142. The fourth-order valence-corrected chi connectivity index (χ4v) is 2.31. The number of piperidine rings is 1. The van der Waals surface area contributed by atoms with Crippen LogP contribution in [0.4, 0.5) is 0 Å². The Hall–Kier alpha value is -0.0800. The molecule has 2 atom stereocenters. The van der Waals surface area contributed by atoms with Crippen LogP contribution in [0.2, 0.25) is 0 Å². The van der Waals surface area contributed by atoms with Crippen molar-refractivity contribution in [3.05, 3.63) is 0 Å². The predicted octanol–water partition coefficient (Wildman–Crippen LogP) is 1.17. The van der Waals surface area contributed by atoms with E-state index < -0.39 is 0 Å². The normalized spacial score (nSPS) is 45.0. The number of nitrogens with one attached hydrogen (secondary N) is 1. The summed E-state index contributed by atoms with van der Waals surface area (Å²) in [6.07, 6.45) is 3.82. The molecule has 2 heteroatoms. The van der Waals surface area contributed by atoms with Gasteiger partial charge in [-0.05, 0) is 31.7 Å². The van der Waals surface area contributed by atoms with Gasteiger partial charge in [0.1, 0.15) is 0 Å². The topological polar surface area (TPSA) is 21.3 Å². The maximum atomic E-state index is 5.83. The Morgan fingerprint density at radius 2 is 2.45 bits per heavy atom. The van der Waals surface area contributed by atoms with Gasteiger partial charge in [-0.25, -0.2) is 0 Å². The van der Waals surface area contributed by atoms with Gasteiger partial charge in [0, 0.05) is 6.54 Å². The van der Waals surface area contributed by atoms with Crippen LogP contribution in [0.25, 0.3) is 0 Å². The van der Waals surface area contributed by atoms with Crippen LogP contribution >= 0.6 is 0 Å². The molecule has 0 aromatic rings. The summed E-state index contributed by atoms with van der Waals surface area (Å²) in [7, 11) is 0. The van der Waals surface area contributed by atoms with Gasteiger partial charge in [0.05, 0.1) is 12.2 Å². The number of hydrogen-bond donors (Lipinski definition) is 1. The van der Waals surface area contributed by atoms with Gasteiger partial charge in [-0.2, -0.15) is 0 Å². The second-order valence-corrected chi connectivity index (χ2v) is 4.08. The first-order valence-electron chi connectivity index (χ1n) is 4.65. The van der Waals surface area contributed by atoms with Crippen molar-refractivity contribution in [2.24, 2.45) is 5.92 Å². The van der Waals surface area contributed by atoms with E-state index in [0.29, 0.717) is 0 Å². The smallest absolute Gasteiger partial charge is 0.0810 e. The van der Waals surface area contributed by atoms with Crippen molar-refractivity contribution in [2.45, 2.75) is 31.8 Å². The van der Waals surface area contributed by atoms with E-state index in [9.17, 15) is 0 Å². The summed E-state index contributed by atoms with van der Waals surface area (Å²) in [5, 5.41) is 3.41. The third-order valence-corrected chi connectivity index (χ3v) is 2.83. The molecule has 2 fully saturated rings. The van der Waals surface area contributed by atoms with Crippen LogP contribution in [-0.4, -0.2) is 25.3 Å². The Kier molecular flexibility index (Phi) is 1.90. The van der Waals surface area contributed by atoms with Crippen LogP contribution in [0.3, 0.4) is 0 Å². The zero-order valence-corrected chi connectivity index (χ0v) is 7.23. The van der Waals surface area contributed by atoms with Crippen LogP contribution in [-0.2, 0) is 4.74 Å². The van der Waals surface area contributed by atoms with Gasteiger partial charge in [-0.3, -0.25) is 0 Å². The molecule has 2 rings (SSSR count). The summed E-state index contributed by atoms with van der Waals surface area (Å²) >= 11 is 0. The Balaban J connectivity index is 1.98. The lowest BCUT2D eigenvalue weighted by Gasteiger charge is -2.32. The molecular formula is C9H17NO. The van der Waals surface area contributed by atoms with Crippen molar-refractivity contribution in [1.82, 2.24) is 5.32 Å². The van der Waals surface area contributed by atoms with E-state index in [1.54, 1.807) is 0 Å². The van der Waals surface area contributed by atoms with E-state index in [1.165, 1.54) is 25.8 Å². The Bertz CT molecular complexity index is 135. The van der Waals surface area contributed by atoms with Crippen LogP contribution in [0.1, 0.15) is 26.2 Å². The largest absolute Gasteiger partial charge is 0.373 e. The van der Waals surface area contributed by atoms with Crippen molar-refractivity contribution in [2.75, 3.05) is 19.7 Å². The summed E-state index contributed by atoms with van der Waals surface area (Å²) < 4.78 is 5.83. The molecule has 2 aliphatic rings. The molecule has 1 N–H and O–H groups in total. The standard InChI is InChI=1S/C9H17NO/c1-8-5-9(11-6-8)3-2-4-10-7-9/h8,10H,2-7H2,1H3. The molecule has 0 aliphatic carbocycles. The third-order valence-electron chi connectivity index (χ3n) is 2.83.